The Labute approximate surface area is 118 Å². The Hall–Kier alpha value is -0.180. The maximum atomic E-state index is 6.44. The first-order valence-corrected chi connectivity index (χ1v) is 8.16. The first-order chi connectivity index (χ1) is 8.73. The lowest BCUT2D eigenvalue weighted by Gasteiger charge is -2.28. The molecule has 1 nitrogen and oxygen atoms in total. The summed E-state index contributed by atoms with van der Waals surface area (Å²) in [6.07, 6.45) is 7.72. The molecule has 0 radical (unpaired) electrons. The largest absolute Gasteiger partial charge is 0.330 e. The van der Waals surface area contributed by atoms with Gasteiger partial charge in [0.25, 0.3) is 0 Å². The number of nitrogens with two attached hydrogens (primary N) is 1. The maximum Gasteiger partial charge on any atom is 0.0544 e. The van der Waals surface area contributed by atoms with E-state index >= 15 is 0 Å². The molecule has 0 atom stereocenters. The van der Waals surface area contributed by atoms with Crippen LogP contribution < -0.4 is 5.73 Å². The Morgan fingerprint density at radius 3 is 2.56 bits per heavy atom. The predicted molar refractivity (Wildman–Crippen MR) is 79.5 cm³/mol. The van der Waals surface area contributed by atoms with Gasteiger partial charge in [-0.3, -0.25) is 0 Å². The molecule has 0 amide bonds. The van der Waals surface area contributed by atoms with Gasteiger partial charge in [-0.2, -0.15) is 0 Å². The Kier molecular flexibility index (Phi) is 3.61. The zero-order valence-corrected chi connectivity index (χ0v) is 12.2. The summed E-state index contributed by atoms with van der Waals surface area (Å²) in [5.41, 5.74) is 7.59. The molecular formula is C15H20ClNS. The van der Waals surface area contributed by atoms with Crippen LogP contribution in [0.3, 0.4) is 0 Å². The van der Waals surface area contributed by atoms with E-state index in [0.29, 0.717) is 0 Å². The molecule has 1 aromatic carbocycles. The maximum absolute atomic E-state index is 6.44. The first-order valence-electron chi connectivity index (χ1n) is 6.90. The average molecular weight is 282 g/mol. The van der Waals surface area contributed by atoms with Crippen molar-refractivity contribution in [3.8, 4) is 0 Å². The van der Waals surface area contributed by atoms with Crippen LogP contribution in [0.5, 0.6) is 0 Å². The average Bonchev–Trinajstić information content (AvgIpc) is 3.06. The van der Waals surface area contributed by atoms with Gasteiger partial charge in [0.1, 0.15) is 0 Å². The summed E-state index contributed by atoms with van der Waals surface area (Å²) >= 11 is 8.37. The monoisotopic (exact) mass is 281 g/mol. The van der Waals surface area contributed by atoms with Gasteiger partial charge < -0.3 is 5.73 Å². The molecule has 0 bridgehead atoms. The summed E-state index contributed by atoms with van der Waals surface area (Å²) in [6, 6.07) is 6.63. The molecule has 98 valence electrons. The molecule has 2 aliphatic rings. The number of halogens is 1. The molecule has 1 aromatic rings. The van der Waals surface area contributed by atoms with E-state index in [9.17, 15) is 0 Å². The van der Waals surface area contributed by atoms with Crippen LogP contribution in [0.4, 0.5) is 0 Å². The van der Waals surface area contributed by atoms with Gasteiger partial charge in [0, 0.05) is 22.1 Å². The van der Waals surface area contributed by atoms with Gasteiger partial charge in [0.2, 0.25) is 0 Å². The highest BCUT2D eigenvalue weighted by atomic mass is 35.5. The van der Waals surface area contributed by atoms with Crippen LogP contribution in [-0.2, 0) is 5.41 Å². The summed E-state index contributed by atoms with van der Waals surface area (Å²) in [5.74, 6) is 0. The second-order valence-electron chi connectivity index (χ2n) is 5.65. The van der Waals surface area contributed by atoms with E-state index in [1.54, 1.807) is 0 Å². The minimum Gasteiger partial charge on any atom is -0.330 e. The van der Waals surface area contributed by atoms with Crippen LogP contribution in [0.2, 0.25) is 5.02 Å². The SMILES string of the molecule is NCC1(c2ccc(SC3CC3)c(Cl)c2)CCCC1. The highest BCUT2D eigenvalue weighted by molar-refractivity contribution is 8.00. The second kappa shape index (κ2) is 5.07. The molecule has 3 rings (SSSR count). The summed E-state index contributed by atoms with van der Waals surface area (Å²) in [6.45, 7) is 0.748. The standard InChI is InChI=1S/C15H20ClNS/c16-13-9-11(15(10-17)7-1-2-8-15)3-6-14(13)18-12-4-5-12/h3,6,9,12H,1-2,4-5,7-8,10,17H2. The van der Waals surface area contributed by atoms with Crippen molar-refractivity contribution in [3.63, 3.8) is 0 Å². The Bertz CT molecular complexity index is 436. The number of thioether (sulfide) groups is 1. The molecule has 0 heterocycles. The minimum absolute atomic E-state index is 0.201. The number of benzene rings is 1. The predicted octanol–water partition coefficient (Wildman–Crippen LogP) is 4.37. The van der Waals surface area contributed by atoms with E-state index in [2.05, 4.69) is 18.2 Å². The van der Waals surface area contributed by atoms with Crippen molar-refractivity contribution in [2.75, 3.05) is 6.54 Å². The van der Waals surface area contributed by atoms with E-state index in [1.165, 1.54) is 49.0 Å². The lowest BCUT2D eigenvalue weighted by Crippen LogP contribution is -2.31. The number of hydrogen-bond acceptors (Lipinski definition) is 2. The quantitative estimate of drug-likeness (QED) is 0.887. The van der Waals surface area contributed by atoms with Crippen LogP contribution in [-0.4, -0.2) is 11.8 Å². The van der Waals surface area contributed by atoms with Gasteiger partial charge in [-0.25, -0.2) is 0 Å². The minimum atomic E-state index is 0.201. The van der Waals surface area contributed by atoms with E-state index in [0.717, 1.165) is 16.8 Å². The van der Waals surface area contributed by atoms with E-state index in [-0.39, 0.29) is 5.41 Å². The highest BCUT2D eigenvalue weighted by Gasteiger charge is 2.34. The van der Waals surface area contributed by atoms with Crippen molar-refractivity contribution in [1.82, 2.24) is 0 Å². The van der Waals surface area contributed by atoms with Gasteiger partial charge in [0.15, 0.2) is 0 Å². The summed E-state index contributed by atoms with van der Waals surface area (Å²) in [4.78, 5) is 1.24. The molecule has 0 saturated heterocycles. The van der Waals surface area contributed by atoms with Crippen molar-refractivity contribution in [2.45, 2.75) is 54.1 Å². The third-order valence-electron chi connectivity index (χ3n) is 4.31. The molecule has 2 N–H and O–H groups in total. The van der Waals surface area contributed by atoms with E-state index in [1.807, 2.05) is 11.8 Å². The third kappa shape index (κ3) is 2.43. The van der Waals surface area contributed by atoms with Crippen molar-refractivity contribution in [2.24, 2.45) is 5.73 Å². The molecule has 2 saturated carbocycles. The van der Waals surface area contributed by atoms with Crippen LogP contribution in [0, 0.1) is 0 Å². The van der Waals surface area contributed by atoms with Crippen LogP contribution >= 0.6 is 23.4 Å². The fraction of sp³-hybridized carbons (Fsp3) is 0.600. The molecule has 0 unspecified atom stereocenters. The third-order valence-corrected chi connectivity index (χ3v) is 6.15. The van der Waals surface area contributed by atoms with Crippen LogP contribution in [0.25, 0.3) is 0 Å². The molecule has 18 heavy (non-hydrogen) atoms. The molecule has 3 heteroatoms. The van der Waals surface area contributed by atoms with Crippen molar-refractivity contribution in [3.05, 3.63) is 28.8 Å². The Morgan fingerprint density at radius 1 is 1.28 bits per heavy atom. The molecule has 2 aliphatic carbocycles. The van der Waals surface area contributed by atoms with Crippen LogP contribution in [0.15, 0.2) is 23.1 Å². The fourth-order valence-electron chi connectivity index (χ4n) is 2.95. The Morgan fingerprint density at radius 2 is 2.00 bits per heavy atom. The molecule has 0 aromatic heterocycles. The van der Waals surface area contributed by atoms with Gasteiger partial charge in [0.05, 0.1) is 5.02 Å². The summed E-state index contributed by atoms with van der Waals surface area (Å²) in [7, 11) is 0. The van der Waals surface area contributed by atoms with Crippen molar-refractivity contribution >= 4 is 23.4 Å². The highest BCUT2D eigenvalue weighted by Crippen LogP contribution is 2.45. The van der Waals surface area contributed by atoms with Gasteiger partial charge in [-0.15, -0.1) is 11.8 Å². The number of hydrogen-bond donors (Lipinski definition) is 1. The topological polar surface area (TPSA) is 26.0 Å². The summed E-state index contributed by atoms with van der Waals surface area (Å²) in [5, 5.41) is 1.73. The van der Waals surface area contributed by atoms with Crippen molar-refractivity contribution < 1.29 is 0 Å². The van der Waals surface area contributed by atoms with Crippen LogP contribution in [0.1, 0.15) is 44.1 Å². The number of rotatable bonds is 4. The fourth-order valence-corrected chi connectivity index (χ4v) is 4.32. The first kappa shape index (κ1) is 12.8. The van der Waals surface area contributed by atoms with Gasteiger partial charge in [-0.1, -0.05) is 30.5 Å². The molecular weight excluding hydrogens is 262 g/mol. The van der Waals surface area contributed by atoms with E-state index in [4.69, 9.17) is 17.3 Å². The molecule has 2 fully saturated rings. The zero-order chi connectivity index (χ0) is 12.6. The molecule has 0 aliphatic heterocycles. The lowest BCUT2D eigenvalue weighted by molar-refractivity contribution is 0.453. The Balaban J connectivity index is 1.86. The summed E-state index contributed by atoms with van der Waals surface area (Å²) < 4.78 is 0. The van der Waals surface area contributed by atoms with Crippen molar-refractivity contribution in [1.29, 1.82) is 0 Å². The zero-order valence-electron chi connectivity index (χ0n) is 10.6. The van der Waals surface area contributed by atoms with Gasteiger partial charge >= 0.3 is 0 Å². The lowest BCUT2D eigenvalue weighted by atomic mass is 9.79. The molecule has 0 spiro atoms. The van der Waals surface area contributed by atoms with E-state index < -0.39 is 0 Å². The second-order valence-corrected chi connectivity index (χ2v) is 7.40. The normalized spacial score (nSPS) is 22.3. The van der Waals surface area contributed by atoms with Gasteiger partial charge in [-0.05, 0) is 43.4 Å². The smallest absolute Gasteiger partial charge is 0.0544 e.